The van der Waals surface area contributed by atoms with Crippen LogP contribution in [0, 0.1) is 5.92 Å². The summed E-state index contributed by atoms with van der Waals surface area (Å²) in [4.78, 5) is 12.2. The molecule has 1 aromatic rings. The van der Waals surface area contributed by atoms with E-state index in [-0.39, 0.29) is 23.8 Å². The molecule has 2 aliphatic rings. The molecule has 126 valence electrons. The summed E-state index contributed by atoms with van der Waals surface area (Å²) in [5.41, 5.74) is 0.0931. The molecule has 0 bridgehead atoms. The van der Waals surface area contributed by atoms with Crippen LogP contribution in [0.1, 0.15) is 49.1 Å². The van der Waals surface area contributed by atoms with Gasteiger partial charge in [0.25, 0.3) is 0 Å². The SMILES string of the molecule is O=C(NC1CCCCC1O)C1CC1c1ccc(C(F)(F)F)cc1. The van der Waals surface area contributed by atoms with Crippen LogP contribution in [0.2, 0.25) is 0 Å². The van der Waals surface area contributed by atoms with Crippen LogP contribution < -0.4 is 5.32 Å². The molecule has 3 rings (SSSR count). The Balaban J connectivity index is 1.57. The number of amides is 1. The van der Waals surface area contributed by atoms with Crippen molar-refractivity contribution >= 4 is 5.91 Å². The van der Waals surface area contributed by atoms with Crippen LogP contribution in [0.3, 0.4) is 0 Å². The molecule has 23 heavy (non-hydrogen) atoms. The number of halogens is 3. The fraction of sp³-hybridized carbons (Fsp3) is 0.588. The average molecular weight is 327 g/mol. The predicted octanol–water partition coefficient (Wildman–Crippen LogP) is 3.23. The highest BCUT2D eigenvalue weighted by Gasteiger charge is 2.45. The minimum Gasteiger partial charge on any atom is -0.391 e. The van der Waals surface area contributed by atoms with E-state index >= 15 is 0 Å². The Morgan fingerprint density at radius 1 is 1.13 bits per heavy atom. The molecule has 6 heteroatoms. The van der Waals surface area contributed by atoms with Crippen LogP contribution in [0.25, 0.3) is 0 Å². The van der Waals surface area contributed by atoms with Crippen molar-refractivity contribution in [2.24, 2.45) is 5.92 Å². The van der Waals surface area contributed by atoms with Gasteiger partial charge < -0.3 is 10.4 Å². The van der Waals surface area contributed by atoms with Gasteiger partial charge in [-0.2, -0.15) is 13.2 Å². The predicted molar refractivity (Wildman–Crippen MR) is 78.7 cm³/mol. The molecule has 3 nitrogen and oxygen atoms in total. The number of alkyl halides is 3. The summed E-state index contributed by atoms with van der Waals surface area (Å²) >= 11 is 0. The van der Waals surface area contributed by atoms with Gasteiger partial charge in [0.05, 0.1) is 17.7 Å². The van der Waals surface area contributed by atoms with Crippen molar-refractivity contribution in [3.8, 4) is 0 Å². The number of nitrogens with one attached hydrogen (secondary N) is 1. The Morgan fingerprint density at radius 3 is 2.39 bits per heavy atom. The van der Waals surface area contributed by atoms with Gasteiger partial charge in [-0.15, -0.1) is 0 Å². The second-order valence-corrected chi connectivity index (χ2v) is 6.54. The van der Waals surface area contributed by atoms with E-state index in [1.165, 1.54) is 12.1 Å². The standard InChI is InChI=1S/C17H20F3NO2/c18-17(19,20)11-7-5-10(6-8-11)12-9-13(12)16(23)21-14-3-1-2-4-15(14)22/h5-8,12-15,22H,1-4,9H2,(H,21,23). The number of carbonyl (C=O) groups excluding carboxylic acids is 1. The maximum absolute atomic E-state index is 12.6. The zero-order valence-corrected chi connectivity index (χ0v) is 12.6. The van der Waals surface area contributed by atoms with Gasteiger partial charge in [-0.05, 0) is 42.9 Å². The molecule has 2 aliphatic carbocycles. The number of rotatable bonds is 3. The number of benzene rings is 1. The molecular weight excluding hydrogens is 307 g/mol. The summed E-state index contributed by atoms with van der Waals surface area (Å²) < 4.78 is 37.7. The van der Waals surface area contributed by atoms with Gasteiger partial charge in [0.15, 0.2) is 0 Å². The Labute approximate surface area is 132 Å². The molecule has 2 fully saturated rings. The number of aliphatic hydroxyl groups is 1. The van der Waals surface area contributed by atoms with Crippen LogP contribution in [-0.2, 0) is 11.0 Å². The first kappa shape index (κ1) is 16.3. The van der Waals surface area contributed by atoms with Crippen molar-refractivity contribution in [2.45, 2.75) is 56.3 Å². The summed E-state index contributed by atoms with van der Waals surface area (Å²) in [7, 11) is 0. The highest BCUT2D eigenvalue weighted by Crippen LogP contribution is 2.48. The van der Waals surface area contributed by atoms with Crippen LogP contribution >= 0.6 is 0 Å². The van der Waals surface area contributed by atoms with Gasteiger partial charge in [-0.3, -0.25) is 4.79 Å². The fourth-order valence-corrected chi connectivity index (χ4v) is 3.34. The van der Waals surface area contributed by atoms with E-state index in [1.807, 2.05) is 0 Å². The lowest BCUT2D eigenvalue weighted by molar-refractivity contribution is -0.137. The molecule has 0 spiro atoms. The van der Waals surface area contributed by atoms with Crippen molar-refractivity contribution in [2.75, 3.05) is 0 Å². The Kier molecular flexibility index (Phi) is 4.36. The second kappa shape index (κ2) is 6.15. The highest BCUT2D eigenvalue weighted by molar-refractivity contribution is 5.83. The smallest absolute Gasteiger partial charge is 0.391 e. The van der Waals surface area contributed by atoms with Gasteiger partial charge in [-0.25, -0.2) is 0 Å². The quantitative estimate of drug-likeness (QED) is 0.895. The topological polar surface area (TPSA) is 49.3 Å². The minimum absolute atomic E-state index is 0.0157. The maximum atomic E-state index is 12.6. The van der Waals surface area contributed by atoms with Gasteiger partial charge in [-0.1, -0.05) is 25.0 Å². The number of carbonyl (C=O) groups is 1. The summed E-state index contributed by atoms with van der Waals surface area (Å²) in [6.45, 7) is 0. The largest absolute Gasteiger partial charge is 0.416 e. The van der Waals surface area contributed by atoms with E-state index in [1.54, 1.807) is 0 Å². The lowest BCUT2D eigenvalue weighted by atomic mass is 9.92. The summed E-state index contributed by atoms with van der Waals surface area (Å²) in [5, 5.41) is 12.8. The van der Waals surface area contributed by atoms with E-state index in [0.717, 1.165) is 37.0 Å². The molecule has 2 N–H and O–H groups in total. The molecule has 1 aromatic carbocycles. The second-order valence-electron chi connectivity index (χ2n) is 6.54. The number of aliphatic hydroxyl groups excluding tert-OH is 1. The molecule has 0 heterocycles. The average Bonchev–Trinajstić information content (AvgIpc) is 3.29. The molecule has 0 radical (unpaired) electrons. The van der Waals surface area contributed by atoms with E-state index in [2.05, 4.69) is 5.32 Å². The number of hydrogen-bond acceptors (Lipinski definition) is 2. The molecular formula is C17H20F3NO2. The molecule has 0 saturated heterocycles. The van der Waals surface area contributed by atoms with Gasteiger partial charge in [0.2, 0.25) is 5.91 Å². The Bertz CT molecular complexity index is 570. The fourth-order valence-electron chi connectivity index (χ4n) is 3.34. The Morgan fingerprint density at radius 2 is 1.78 bits per heavy atom. The third kappa shape index (κ3) is 3.68. The first-order chi connectivity index (χ1) is 10.9. The zero-order chi connectivity index (χ0) is 16.6. The monoisotopic (exact) mass is 327 g/mol. The molecule has 4 unspecified atom stereocenters. The van der Waals surface area contributed by atoms with Gasteiger partial charge >= 0.3 is 6.18 Å². The van der Waals surface area contributed by atoms with Crippen LogP contribution in [0.15, 0.2) is 24.3 Å². The van der Waals surface area contributed by atoms with Crippen LogP contribution in [0.4, 0.5) is 13.2 Å². The third-order valence-corrected chi connectivity index (χ3v) is 4.85. The minimum atomic E-state index is -4.34. The summed E-state index contributed by atoms with van der Waals surface area (Å²) in [6.07, 6.45) is -0.713. The first-order valence-electron chi connectivity index (χ1n) is 8.02. The van der Waals surface area contributed by atoms with Crippen molar-refractivity contribution in [3.63, 3.8) is 0 Å². The molecule has 1 amide bonds. The van der Waals surface area contributed by atoms with Gasteiger partial charge in [0.1, 0.15) is 0 Å². The summed E-state index contributed by atoms with van der Waals surface area (Å²) in [5.74, 6) is -0.306. The third-order valence-electron chi connectivity index (χ3n) is 4.85. The van der Waals surface area contributed by atoms with E-state index in [9.17, 15) is 23.1 Å². The maximum Gasteiger partial charge on any atom is 0.416 e. The van der Waals surface area contributed by atoms with Crippen molar-refractivity contribution in [3.05, 3.63) is 35.4 Å². The molecule has 2 saturated carbocycles. The van der Waals surface area contributed by atoms with Crippen molar-refractivity contribution in [1.29, 1.82) is 0 Å². The van der Waals surface area contributed by atoms with E-state index in [4.69, 9.17) is 0 Å². The van der Waals surface area contributed by atoms with Crippen molar-refractivity contribution < 1.29 is 23.1 Å². The lowest BCUT2D eigenvalue weighted by Gasteiger charge is -2.28. The van der Waals surface area contributed by atoms with Crippen LogP contribution in [0.5, 0.6) is 0 Å². The molecule has 0 aromatic heterocycles. The number of hydrogen-bond donors (Lipinski definition) is 2. The molecule has 0 aliphatic heterocycles. The zero-order valence-electron chi connectivity index (χ0n) is 12.6. The lowest BCUT2D eigenvalue weighted by Crippen LogP contribution is -2.45. The van der Waals surface area contributed by atoms with Crippen LogP contribution in [-0.4, -0.2) is 23.2 Å². The van der Waals surface area contributed by atoms with E-state index in [0.29, 0.717) is 12.8 Å². The first-order valence-corrected chi connectivity index (χ1v) is 8.02. The van der Waals surface area contributed by atoms with Gasteiger partial charge in [0, 0.05) is 5.92 Å². The molecule has 4 atom stereocenters. The summed E-state index contributed by atoms with van der Waals surface area (Å²) in [6, 6.07) is 4.85. The van der Waals surface area contributed by atoms with Crippen molar-refractivity contribution in [1.82, 2.24) is 5.32 Å². The van der Waals surface area contributed by atoms with E-state index < -0.39 is 17.8 Å². The highest BCUT2D eigenvalue weighted by atomic mass is 19.4. The Hall–Kier alpha value is -1.56. The normalized spacial score (nSPS) is 30.8.